The highest BCUT2D eigenvalue weighted by atomic mass is 16.2. The van der Waals surface area contributed by atoms with E-state index in [9.17, 15) is 14.4 Å². The van der Waals surface area contributed by atoms with Gasteiger partial charge in [-0.15, -0.1) is 0 Å². The molecule has 3 amide bonds. The monoisotopic (exact) mass is 431 g/mol. The molecule has 176 valence electrons. The third-order valence-electron chi connectivity index (χ3n) is 5.00. The van der Waals surface area contributed by atoms with E-state index in [4.69, 9.17) is 0 Å². The summed E-state index contributed by atoms with van der Waals surface area (Å²) in [4.78, 5) is 38.9. The van der Waals surface area contributed by atoms with Gasteiger partial charge in [-0.25, -0.2) is 0 Å². The molecule has 0 aromatic carbocycles. The lowest BCUT2D eigenvalue weighted by Gasteiger charge is -2.23. The summed E-state index contributed by atoms with van der Waals surface area (Å²) < 4.78 is 0. The average molecular weight is 432 g/mol. The second kappa shape index (κ2) is 16.9. The molecule has 3 atom stereocenters. The summed E-state index contributed by atoms with van der Waals surface area (Å²) in [5.41, 5.74) is 0. The molecule has 8 N–H and O–H groups in total. The standard InChI is InChI=1S/C19H42N8O3/c1-7-27(8-2)13-25-18(29)14(9-17(28)26-16(23-6)12-21-4)10-24-19(30)15(22-5)11-20-3/h14-16,20-23H,7-13H2,1-6H3,(H,24,30)(H,25,29)(H,26,28)/p+1. The molecule has 0 saturated heterocycles. The van der Waals surface area contributed by atoms with E-state index in [0.717, 1.165) is 13.1 Å². The third kappa shape index (κ3) is 11.4. The maximum absolute atomic E-state index is 12.8. The molecule has 0 radical (unpaired) electrons. The van der Waals surface area contributed by atoms with Gasteiger partial charge in [-0.05, 0) is 42.0 Å². The minimum Gasteiger partial charge on any atom is -0.354 e. The Kier molecular flexibility index (Phi) is 15.9. The molecular formula is C19H43N8O3+. The van der Waals surface area contributed by atoms with Gasteiger partial charge in [-0.2, -0.15) is 0 Å². The van der Waals surface area contributed by atoms with Gasteiger partial charge in [0.15, 0.2) is 6.67 Å². The first-order chi connectivity index (χ1) is 14.4. The highest BCUT2D eigenvalue weighted by Crippen LogP contribution is 2.03. The first-order valence-corrected chi connectivity index (χ1v) is 10.7. The predicted molar refractivity (Wildman–Crippen MR) is 118 cm³/mol. The van der Waals surface area contributed by atoms with E-state index in [1.54, 1.807) is 28.2 Å². The van der Waals surface area contributed by atoms with Gasteiger partial charge in [-0.1, -0.05) is 0 Å². The van der Waals surface area contributed by atoms with Gasteiger partial charge < -0.3 is 36.8 Å². The van der Waals surface area contributed by atoms with Gasteiger partial charge >= 0.3 is 0 Å². The van der Waals surface area contributed by atoms with Crippen LogP contribution in [0.1, 0.15) is 20.3 Å². The van der Waals surface area contributed by atoms with Gasteiger partial charge in [0.05, 0.1) is 31.2 Å². The zero-order valence-corrected chi connectivity index (χ0v) is 19.4. The molecular weight excluding hydrogens is 388 g/mol. The summed E-state index contributed by atoms with van der Waals surface area (Å²) in [6.45, 7) is 7.46. The zero-order valence-electron chi connectivity index (χ0n) is 19.4. The van der Waals surface area contributed by atoms with Crippen LogP contribution in [-0.4, -0.2) is 97.5 Å². The summed E-state index contributed by atoms with van der Waals surface area (Å²) in [7, 11) is 7.00. The molecule has 0 aliphatic heterocycles. The van der Waals surface area contributed by atoms with Crippen molar-refractivity contribution in [1.82, 2.24) is 37.2 Å². The smallest absolute Gasteiger partial charge is 0.238 e. The fraction of sp³-hybridized carbons (Fsp3) is 0.842. The van der Waals surface area contributed by atoms with Gasteiger partial charge in [0.2, 0.25) is 17.7 Å². The topological polar surface area (TPSA) is 140 Å². The van der Waals surface area contributed by atoms with Crippen LogP contribution in [0.25, 0.3) is 0 Å². The Morgan fingerprint density at radius 1 is 0.800 bits per heavy atom. The molecule has 0 aromatic heterocycles. The average Bonchev–Trinajstić information content (AvgIpc) is 2.74. The highest BCUT2D eigenvalue weighted by molar-refractivity contribution is 5.87. The lowest BCUT2D eigenvalue weighted by molar-refractivity contribution is -0.898. The van der Waals surface area contributed by atoms with Crippen LogP contribution < -0.4 is 42.1 Å². The molecule has 0 saturated carbocycles. The molecule has 0 aromatic rings. The number of amides is 3. The SMILES string of the molecule is CC[NH+](CC)CNC(=O)C(CNC(=O)C(CNC)NC)CC(=O)NC(CNC)NC. The van der Waals surface area contributed by atoms with Crippen molar-refractivity contribution in [3.05, 3.63) is 0 Å². The molecule has 11 heteroatoms. The third-order valence-corrected chi connectivity index (χ3v) is 5.00. The fourth-order valence-corrected chi connectivity index (χ4v) is 2.90. The number of nitrogens with one attached hydrogen (secondary N) is 8. The Morgan fingerprint density at radius 3 is 1.93 bits per heavy atom. The first kappa shape index (κ1) is 28.2. The molecule has 30 heavy (non-hydrogen) atoms. The molecule has 0 heterocycles. The molecule has 3 unspecified atom stereocenters. The van der Waals surface area contributed by atoms with E-state index in [2.05, 4.69) is 51.1 Å². The summed E-state index contributed by atoms with van der Waals surface area (Å²) >= 11 is 0. The van der Waals surface area contributed by atoms with Crippen LogP contribution in [0.3, 0.4) is 0 Å². The van der Waals surface area contributed by atoms with Crippen molar-refractivity contribution in [2.24, 2.45) is 5.92 Å². The van der Waals surface area contributed by atoms with Crippen molar-refractivity contribution in [2.75, 3.05) is 67.6 Å². The summed E-state index contributed by atoms with van der Waals surface area (Å²) in [5.74, 6) is -1.38. The van der Waals surface area contributed by atoms with E-state index in [-0.39, 0.29) is 36.9 Å². The maximum Gasteiger partial charge on any atom is 0.238 e. The molecule has 0 spiro atoms. The van der Waals surface area contributed by atoms with Crippen LogP contribution in [-0.2, 0) is 14.4 Å². The number of carbonyl (C=O) groups is 3. The first-order valence-electron chi connectivity index (χ1n) is 10.7. The van der Waals surface area contributed by atoms with Crippen LogP contribution in [0.5, 0.6) is 0 Å². The van der Waals surface area contributed by atoms with Crippen molar-refractivity contribution in [2.45, 2.75) is 32.5 Å². The van der Waals surface area contributed by atoms with Crippen molar-refractivity contribution in [3.8, 4) is 0 Å². The minimum absolute atomic E-state index is 0.0160. The lowest BCUT2D eigenvalue weighted by Crippen LogP contribution is -3.13. The van der Waals surface area contributed by atoms with Crippen LogP contribution in [0.4, 0.5) is 0 Å². The number of rotatable bonds is 17. The normalized spacial score (nSPS) is 14.1. The van der Waals surface area contributed by atoms with Gasteiger partial charge in [-0.3, -0.25) is 19.7 Å². The Bertz CT molecular complexity index is 502. The Morgan fingerprint density at radius 2 is 1.43 bits per heavy atom. The summed E-state index contributed by atoms with van der Waals surface area (Å²) in [5, 5.41) is 20.4. The molecule has 0 aliphatic carbocycles. The van der Waals surface area contributed by atoms with E-state index < -0.39 is 12.0 Å². The maximum atomic E-state index is 12.8. The Balaban J connectivity index is 5.03. The van der Waals surface area contributed by atoms with Gasteiger partial charge in [0, 0.05) is 26.1 Å². The van der Waals surface area contributed by atoms with Gasteiger partial charge in [0.25, 0.3) is 0 Å². The number of hydrogen-bond acceptors (Lipinski definition) is 7. The molecule has 0 aliphatic rings. The van der Waals surface area contributed by atoms with Crippen LogP contribution in [0.15, 0.2) is 0 Å². The van der Waals surface area contributed by atoms with E-state index in [0.29, 0.717) is 19.8 Å². The Hall–Kier alpha value is -1.79. The van der Waals surface area contributed by atoms with E-state index in [1.807, 2.05) is 0 Å². The Labute approximate surface area is 180 Å². The van der Waals surface area contributed by atoms with Crippen molar-refractivity contribution in [3.63, 3.8) is 0 Å². The number of carbonyl (C=O) groups excluding carboxylic acids is 3. The molecule has 0 fully saturated rings. The minimum atomic E-state index is -0.664. The predicted octanol–water partition coefficient (Wildman–Crippen LogP) is -4.20. The molecule has 11 nitrogen and oxygen atoms in total. The molecule has 0 bridgehead atoms. The van der Waals surface area contributed by atoms with E-state index >= 15 is 0 Å². The lowest BCUT2D eigenvalue weighted by atomic mass is 10.0. The number of quaternary nitrogens is 1. The van der Waals surface area contributed by atoms with Crippen LogP contribution in [0.2, 0.25) is 0 Å². The van der Waals surface area contributed by atoms with Crippen molar-refractivity contribution in [1.29, 1.82) is 0 Å². The number of likely N-dealkylation sites (N-methyl/N-ethyl adjacent to an activating group) is 4. The zero-order chi connectivity index (χ0) is 22.9. The van der Waals surface area contributed by atoms with Gasteiger partial charge in [0.1, 0.15) is 0 Å². The summed E-state index contributed by atoms with van der Waals surface area (Å²) in [6.07, 6.45) is -0.261. The second-order valence-electron chi connectivity index (χ2n) is 7.19. The van der Waals surface area contributed by atoms with Crippen LogP contribution >= 0.6 is 0 Å². The van der Waals surface area contributed by atoms with Crippen molar-refractivity contribution < 1.29 is 19.3 Å². The summed E-state index contributed by atoms with van der Waals surface area (Å²) in [6, 6.07) is -0.419. The largest absolute Gasteiger partial charge is 0.354 e. The molecule has 0 rings (SSSR count). The fourth-order valence-electron chi connectivity index (χ4n) is 2.90. The van der Waals surface area contributed by atoms with E-state index in [1.165, 1.54) is 4.90 Å². The number of hydrogen-bond donors (Lipinski definition) is 8. The van der Waals surface area contributed by atoms with Crippen molar-refractivity contribution >= 4 is 17.7 Å². The second-order valence-corrected chi connectivity index (χ2v) is 7.19. The van der Waals surface area contributed by atoms with Crippen LogP contribution in [0, 0.1) is 5.92 Å². The quantitative estimate of drug-likeness (QED) is 0.109. The highest BCUT2D eigenvalue weighted by Gasteiger charge is 2.25.